The van der Waals surface area contributed by atoms with Crippen molar-refractivity contribution in [2.24, 2.45) is 11.8 Å². The minimum atomic E-state index is -0.213. The largest absolute Gasteiger partial charge is 0.445 e. The van der Waals surface area contributed by atoms with Crippen LogP contribution in [0.3, 0.4) is 0 Å². The van der Waals surface area contributed by atoms with Gasteiger partial charge in [-0.3, -0.25) is 4.90 Å². The highest BCUT2D eigenvalue weighted by atomic mass is 16.6. The Hall–Kier alpha value is -1.88. The van der Waals surface area contributed by atoms with Gasteiger partial charge in [0.15, 0.2) is 0 Å². The second-order valence-electron chi connectivity index (χ2n) is 7.24. The normalized spacial score (nSPS) is 24.7. The maximum absolute atomic E-state index is 12.2. The fourth-order valence-corrected chi connectivity index (χ4v) is 3.80. The van der Waals surface area contributed by atoms with Gasteiger partial charge >= 0.3 is 6.09 Å². The molecule has 1 aromatic rings. The van der Waals surface area contributed by atoms with Crippen LogP contribution < -0.4 is 0 Å². The summed E-state index contributed by atoms with van der Waals surface area (Å²) in [5, 5.41) is 0. The summed E-state index contributed by atoms with van der Waals surface area (Å²) in [5.41, 5.74) is 1.01. The van der Waals surface area contributed by atoms with Gasteiger partial charge in [0.25, 0.3) is 0 Å². The first kappa shape index (κ1) is 17.9. The lowest BCUT2D eigenvalue weighted by Gasteiger charge is -2.37. The number of hydrogen-bond donors (Lipinski definition) is 0. The molecule has 1 aliphatic carbocycles. The van der Waals surface area contributed by atoms with Crippen molar-refractivity contribution in [2.75, 3.05) is 32.7 Å². The predicted octanol–water partition coefficient (Wildman–Crippen LogP) is 2.95. The first-order valence-electron chi connectivity index (χ1n) is 9.38. The van der Waals surface area contributed by atoms with Gasteiger partial charge in [-0.2, -0.15) is 0 Å². The summed E-state index contributed by atoms with van der Waals surface area (Å²) >= 11 is 0. The van der Waals surface area contributed by atoms with E-state index >= 15 is 0 Å². The number of carbonyl (C=O) groups excluding carboxylic acids is 2. The molecule has 1 amide bonds. The van der Waals surface area contributed by atoms with Crippen LogP contribution >= 0.6 is 0 Å². The average Bonchev–Trinajstić information content (AvgIpc) is 2.68. The first-order chi connectivity index (χ1) is 12.2. The quantitative estimate of drug-likeness (QED) is 0.771. The number of nitrogens with zero attached hydrogens (tertiary/aromatic N) is 2. The summed E-state index contributed by atoms with van der Waals surface area (Å²) in [4.78, 5) is 27.3. The smallest absolute Gasteiger partial charge is 0.410 e. The van der Waals surface area contributed by atoms with Gasteiger partial charge in [0.1, 0.15) is 12.9 Å². The third-order valence-corrected chi connectivity index (χ3v) is 5.44. The molecule has 1 heterocycles. The predicted molar refractivity (Wildman–Crippen MR) is 96.2 cm³/mol. The molecular formula is C20H28N2O3. The van der Waals surface area contributed by atoms with E-state index in [-0.39, 0.29) is 12.0 Å². The highest BCUT2D eigenvalue weighted by molar-refractivity contribution is 5.67. The molecule has 3 rings (SSSR count). The fourth-order valence-electron chi connectivity index (χ4n) is 3.80. The molecular weight excluding hydrogens is 316 g/mol. The molecule has 25 heavy (non-hydrogen) atoms. The highest BCUT2D eigenvalue weighted by Gasteiger charge is 2.26. The second-order valence-corrected chi connectivity index (χ2v) is 7.24. The van der Waals surface area contributed by atoms with Crippen LogP contribution in [-0.4, -0.2) is 54.9 Å². The Balaban J connectivity index is 1.35. The molecule has 0 radical (unpaired) electrons. The zero-order valence-corrected chi connectivity index (χ0v) is 14.8. The number of ether oxygens (including phenoxy) is 1. The lowest BCUT2D eigenvalue weighted by Crippen LogP contribution is -2.50. The molecule has 136 valence electrons. The molecule has 5 heteroatoms. The molecule has 0 N–H and O–H groups in total. The lowest BCUT2D eigenvalue weighted by molar-refractivity contribution is -0.112. The summed E-state index contributed by atoms with van der Waals surface area (Å²) in [6.07, 6.45) is 5.30. The average molecular weight is 344 g/mol. The van der Waals surface area contributed by atoms with Gasteiger partial charge in [-0.05, 0) is 37.2 Å². The van der Waals surface area contributed by atoms with Gasteiger partial charge in [0.05, 0.1) is 0 Å². The summed E-state index contributed by atoms with van der Waals surface area (Å²) in [5.74, 6) is 0.986. The van der Waals surface area contributed by atoms with Crippen LogP contribution in [0.1, 0.15) is 31.2 Å². The Morgan fingerprint density at radius 1 is 1.04 bits per heavy atom. The zero-order chi connectivity index (χ0) is 17.5. The van der Waals surface area contributed by atoms with Crippen LogP contribution in [0.2, 0.25) is 0 Å². The van der Waals surface area contributed by atoms with Gasteiger partial charge < -0.3 is 14.4 Å². The van der Waals surface area contributed by atoms with Gasteiger partial charge in [-0.1, -0.05) is 30.3 Å². The van der Waals surface area contributed by atoms with E-state index in [1.807, 2.05) is 35.2 Å². The van der Waals surface area contributed by atoms with E-state index in [2.05, 4.69) is 4.90 Å². The molecule has 0 atom stereocenters. The van der Waals surface area contributed by atoms with Crippen molar-refractivity contribution < 1.29 is 14.3 Å². The first-order valence-corrected chi connectivity index (χ1v) is 9.38. The van der Waals surface area contributed by atoms with Crippen molar-refractivity contribution in [2.45, 2.75) is 32.3 Å². The van der Waals surface area contributed by atoms with E-state index in [1.54, 1.807) is 0 Å². The minimum Gasteiger partial charge on any atom is -0.445 e. The standard InChI is InChI=1S/C20H28N2O3/c23-15-18-8-6-17(7-9-18)14-21-10-12-22(13-11-21)20(24)25-16-19-4-2-1-3-5-19/h1-5,15,17-18H,6-14,16H2. The van der Waals surface area contributed by atoms with Gasteiger partial charge in [0.2, 0.25) is 0 Å². The number of carbonyl (C=O) groups is 2. The summed E-state index contributed by atoms with van der Waals surface area (Å²) in [6, 6.07) is 9.78. The lowest BCUT2D eigenvalue weighted by atomic mass is 9.82. The van der Waals surface area contributed by atoms with Crippen molar-refractivity contribution in [3.63, 3.8) is 0 Å². The zero-order valence-electron chi connectivity index (χ0n) is 14.8. The van der Waals surface area contributed by atoms with Crippen LogP contribution in [0.25, 0.3) is 0 Å². The maximum Gasteiger partial charge on any atom is 0.410 e. The summed E-state index contributed by atoms with van der Waals surface area (Å²) in [6.45, 7) is 4.72. The number of hydrogen-bond acceptors (Lipinski definition) is 4. The van der Waals surface area contributed by atoms with E-state index in [0.29, 0.717) is 12.5 Å². The van der Waals surface area contributed by atoms with Gasteiger partial charge in [-0.25, -0.2) is 4.79 Å². The van der Waals surface area contributed by atoms with Crippen molar-refractivity contribution in [3.8, 4) is 0 Å². The molecule has 0 bridgehead atoms. The third-order valence-electron chi connectivity index (χ3n) is 5.44. The van der Waals surface area contributed by atoms with Crippen molar-refractivity contribution in [1.82, 2.24) is 9.80 Å². The van der Waals surface area contributed by atoms with E-state index in [1.165, 1.54) is 0 Å². The Morgan fingerprint density at radius 2 is 1.72 bits per heavy atom. The Bertz CT molecular complexity index is 547. The molecule has 1 saturated heterocycles. The number of benzene rings is 1. The molecule has 1 saturated carbocycles. The van der Waals surface area contributed by atoms with Crippen molar-refractivity contribution in [1.29, 1.82) is 0 Å². The van der Waals surface area contributed by atoms with Crippen molar-refractivity contribution >= 4 is 12.4 Å². The monoisotopic (exact) mass is 344 g/mol. The molecule has 5 nitrogen and oxygen atoms in total. The minimum absolute atomic E-state index is 0.213. The highest BCUT2D eigenvalue weighted by Crippen LogP contribution is 2.28. The summed E-state index contributed by atoms with van der Waals surface area (Å²) in [7, 11) is 0. The van der Waals surface area contributed by atoms with E-state index in [4.69, 9.17) is 4.74 Å². The summed E-state index contributed by atoms with van der Waals surface area (Å²) < 4.78 is 5.41. The molecule has 1 aliphatic heterocycles. The van der Waals surface area contributed by atoms with Crippen LogP contribution in [0.4, 0.5) is 4.79 Å². The third kappa shape index (κ3) is 5.30. The number of aldehydes is 1. The fraction of sp³-hybridized carbons (Fsp3) is 0.600. The van der Waals surface area contributed by atoms with Crippen LogP contribution in [0.15, 0.2) is 30.3 Å². The Morgan fingerprint density at radius 3 is 2.36 bits per heavy atom. The number of rotatable bonds is 5. The van der Waals surface area contributed by atoms with E-state index in [9.17, 15) is 9.59 Å². The SMILES string of the molecule is O=CC1CCC(CN2CCN(C(=O)OCc3ccccc3)CC2)CC1. The van der Waals surface area contributed by atoms with Crippen LogP contribution in [0.5, 0.6) is 0 Å². The van der Waals surface area contributed by atoms with Gasteiger partial charge in [0, 0.05) is 38.6 Å². The van der Waals surface area contributed by atoms with Crippen LogP contribution in [0, 0.1) is 11.8 Å². The molecule has 2 aliphatic rings. The Kier molecular flexibility index (Phi) is 6.45. The Labute approximate surface area is 149 Å². The second kappa shape index (κ2) is 8.99. The molecule has 0 unspecified atom stereocenters. The molecule has 0 spiro atoms. The molecule has 2 fully saturated rings. The van der Waals surface area contributed by atoms with E-state index < -0.39 is 0 Å². The molecule has 1 aromatic carbocycles. The van der Waals surface area contributed by atoms with Gasteiger partial charge in [-0.15, -0.1) is 0 Å². The molecule has 0 aromatic heterocycles. The van der Waals surface area contributed by atoms with Crippen molar-refractivity contribution in [3.05, 3.63) is 35.9 Å². The number of piperazine rings is 1. The topological polar surface area (TPSA) is 49.9 Å². The maximum atomic E-state index is 12.2. The van der Waals surface area contributed by atoms with Crippen LogP contribution in [-0.2, 0) is 16.1 Å². The van der Waals surface area contributed by atoms with E-state index in [0.717, 1.165) is 70.3 Å². The number of amides is 1.